The van der Waals surface area contributed by atoms with E-state index in [4.69, 9.17) is 23.2 Å². The van der Waals surface area contributed by atoms with E-state index in [0.717, 1.165) is 18.4 Å². The minimum Gasteiger partial charge on any atom is -0.398 e. The second-order valence-electron chi connectivity index (χ2n) is 5.49. The number of nitriles is 1. The Morgan fingerprint density at radius 3 is 3.00 bits per heavy atom. The molecule has 3 nitrogen and oxygen atoms in total. The molecule has 1 aromatic heterocycles. The van der Waals surface area contributed by atoms with Crippen molar-refractivity contribution in [3.05, 3.63) is 33.6 Å². The number of nitrogens with one attached hydrogen (secondary N) is 1. The molecule has 0 spiro atoms. The van der Waals surface area contributed by atoms with Crippen LogP contribution >= 0.6 is 12.2 Å². The first-order valence-corrected chi connectivity index (χ1v) is 7.04. The molecule has 19 heavy (non-hydrogen) atoms. The molecule has 4 heteroatoms. The van der Waals surface area contributed by atoms with Crippen molar-refractivity contribution in [3.8, 4) is 6.07 Å². The Morgan fingerprint density at radius 1 is 1.63 bits per heavy atom. The van der Waals surface area contributed by atoms with Gasteiger partial charge in [-0.1, -0.05) is 26.1 Å². The molecule has 2 rings (SSSR count). The van der Waals surface area contributed by atoms with Gasteiger partial charge in [-0.2, -0.15) is 5.26 Å². The maximum absolute atomic E-state index is 8.69. The molecule has 1 atom stereocenters. The predicted octanol–water partition coefficient (Wildman–Crippen LogP) is 3.33. The average molecular weight is 273 g/mol. The number of aromatic amines is 1. The molecule has 100 valence electrons. The van der Waals surface area contributed by atoms with E-state index >= 15 is 0 Å². The van der Waals surface area contributed by atoms with Gasteiger partial charge >= 0.3 is 0 Å². The highest BCUT2D eigenvalue weighted by atomic mass is 32.1. The van der Waals surface area contributed by atoms with Gasteiger partial charge in [-0.3, -0.25) is 0 Å². The number of hydrogen-bond acceptors (Lipinski definition) is 3. The first kappa shape index (κ1) is 13.8. The van der Waals surface area contributed by atoms with E-state index in [-0.39, 0.29) is 0 Å². The van der Waals surface area contributed by atoms with E-state index in [1.807, 2.05) is 6.07 Å². The lowest BCUT2D eigenvalue weighted by Crippen LogP contribution is -2.20. The lowest BCUT2D eigenvalue weighted by molar-refractivity contribution is 0.340. The van der Waals surface area contributed by atoms with Crippen molar-refractivity contribution in [2.24, 2.45) is 17.6 Å². The summed E-state index contributed by atoms with van der Waals surface area (Å²) in [5.74, 6) is 1.40. The number of nitrogens with two attached hydrogens (primary N) is 1. The molecule has 0 fully saturated rings. The van der Waals surface area contributed by atoms with Crippen LogP contribution in [0.1, 0.15) is 37.1 Å². The third-order valence-corrected chi connectivity index (χ3v) is 4.26. The summed E-state index contributed by atoms with van der Waals surface area (Å²) in [7, 11) is 0. The fourth-order valence-corrected chi connectivity index (χ4v) is 2.96. The maximum atomic E-state index is 8.69. The lowest BCUT2D eigenvalue weighted by atomic mass is 9.80. The number of nitrogens with zero attached hydrogens (tertiary/aromatic N) is 1. The third-order valence-electron chi connectivity index (χ3n) is 3.94. The van der Waals surface area contributed by atoms with Gasteiger partial charge in [0, 0.05) is 17.3 Å². The highest BCUT2D eigenvalue weighted by Crippen LogP contribution is 2.30. The van der Waals surface area contributed by atoms with E-state index in [0.29, 0.717) is 22.2 Å². The van der Waals surface area contributed by atoms with Crippen molar-refractivity contribution in [2.45, 2.75) is 33.1 Å². The van der Waals surface area contributed by atoms with Crippen LogP contribution in [0.15, 0.2) is 12.1 Å². The first-order chi connectivity index (χ1) is 9.02. The molecule has 1 unspecified atom stereocenters. The van der Waals surface area contributed by atoms with Crippen molar-refractivity contribution < 1.29 is 0 Å². The fraction of sp³-hybridized carbons (Fsp3) is 0.467. The number of aryl methyl sites for hydroxylation is 1. The van der Waals surface area contributed by atoms with Gasteiger partial charge < -0.3 is 10.7 Å². The summed E-state index contributed by atoms with van der Waals surface area (Å²) in [6.07, 6.45) is 4.66. The second-order valence-corrected chi connectivity index (χ2v) is 5.90. The number of pyridine rings is 1. The van der Waals surface area contributed by atoms with Crippen LogP contribution in [0, 0.1) is 27.8 Å². The summed E-state index contributed by atoms with van der Waals surface area (Å²) in [5, 5.41) is 8.69. The van der Waals surface area contributed by atoms with Gasteiger partial charge in [-0.05, 0) is 42.7 Å². The Balaban J connectivity index is 2.42. The molecule has 3 N–H and O–H groups in total. The zero-order chi connectivity index (χ0) is 14.0. The van der Waals surface area contributed by atoms with E-state index < -0.39 is 0 Å². The SMILES string of the molecule is CC(C)C1CCc2[nH]c(=S)c(/C(N)=C/C#N)cc2C1. The summed E-state index contributed by atoms with van der Waals surface area (Å²) in [5.41, 5.74) is 9.63. The topological polar surface area (TPSA) is 65.6 Å². The normalized spacial score (nSPS) is 19.1. The average Bonchev–Trinajstić information content (AvgIpc) is 2.37. The minimum atomic E-state index is 0.443. The van der Waals surface area contributed by atoms with E-state index in [9.17, 15) is 0 Å². The largest absolute Gasteiger partial charge is 0.398 e. The molecular formula is C15H19N3S. The van der Waals surface area contributed by atoms with E-state index in [1.165, 1.54) is 23.8 Å². The summed E-state index contributed by atoms with van der Waals surface area (Å²) in [4.78, 5) is 3.28. The molecule has 0 aromatic carbocycles. The van der Waals surface area contributed by atoms with Crippen LogP contribution in [-0.2, 0) is 12.8 Å². The molecule has 0 saturated heterocycles. The van der Waals surface area contributed by atoms with Gasteiger partial charge in [0.25, 0.3) is 0 Å². The fourth-order valence-electron chi connectivity index (χ4n) is 2.66. The van der Waals surface area contributed by atoms with E-state index in [1.54, 1.807) is 0 Å². The number of fused-ring (bicyclic) bond motifs is 1. The molecular weight excluding hydrogens is 254 g/mol. The van der Waals surface area contributed by atoms with Crippen molar-refractivity contribution in [2.75, 3.05) is 0 Å². The van der Waals surface area contributed by atoms with Gasteiger partial charge in [0.15, 0.2) is 0 Å². The highest BCUT2D eigenvalue weighted by Gasteiger charge is 2.22. The van der Waals surface area contributed by atoms with Crippen molar-refractivity contribution in [3.63, 3.8) is 0 Å². The lowest BCUT2D eigenvalue weighted by Gasteiger charge is -2.27. The van der Waals surface area contributed by atoms with Crippen molar-refractivity contribution in [1.29, 1.82) is 5.26 Å². The molecule has 1 heterocycles. The van der Waals surface area contributed by atoms with Gasteiger partial charge in [0.05, 0.1) is 11.8 Å². The smallest absolute Gasteiger partial charge is 0.112 e. The van der Waals surface area contributed by atoms with Crippen LogP contribution in [0.5, 0.6) is 0 Å². The Labute approximate surface area is 119 Å². The number of hydrogen-bond donors (Lipinski definition) is 2. The predicted molar refractivity (Wildman–Crippen MR) is 79.8 cm³/mol. The molecule has 1 aromatic rings. The van der Waals surface area contributed by atoms with Crippen LogP contribution in [0.25, 0.3) is 5.70 Å². The van der Waals surface area contributed by atoms with Gasteiger partial charge in [0.2, 0.25) is 0 Å². The molecule has 0 radical (unpaired) electrons. The van der Waals surface area contributed by atoms with Crippen LogP contribution in [-0.4, -0.2) is 4.98 Å². The van der Waals surface area contributed by atoms with Crippen LogP contribution in [0.4, 0.5) is 0 Å². The van der Waals surface area contributed by atoms with Crippen LogP contribution in [0.2, 0.25) is 0 Å². The Hall–Kier alpha value is -1.60. The number of allylic oxidation sites excluding steroid dienone is 1. The molecule has 1 aliphatic rings. The summed E-state index contributed by atoms with van der Waals surface area (Å²) in [6, 6.07) is 4.01. The third kappa shape index (κ3) is 2.87. The molecule has 0 aliphatic heterocycles. The highest BCUT2D eigenvalue weighted by molar-refractivity contribution is 7.71. The van der Waals surface area contributed by atoms with Crippen LogP contribution < -0.4 is 5.73 Å². The van der Waals surface area contributed by atoms with Gasteiger partial charge in [-0.25, -0.2) is 0 Å². The second kappa shape index (κ2) is 5.58. The van der Waals surface area contributed by atoms with Gasteiger partial charge in [-0.15, -0.1) is 0 Å². The molecule has 0 saturated carbocycles. The standard InChI is InChI=1S/C15H19N3S/c1-9(2)10-3-4-14-11(7-10)8-12(15(19)18-14)13(17)5-6-16/h5,8-10H,3-4,7,17H2,1-2H3,(H,18,19)/b13-5-. The Kier molecular flexibility index (Phi) is 4.06. The summed E-state index contributed by atoms with van der Waals surface area (Å²) in [6.45, 7) is 4.54. The Bertz CT molecular complexity index is 605. The first-order valence-electron chi connectivity index (χ1n) is 6.63. The van der Waals surface area contributed by atoms with E-state index in [2.05, 4.69) is 24.9 Å². The van der Waals surface area contributed by atoms with Gasteiger partial charge in [0.1, 0.15) is 4.64 Å². The molecule has 1 aliphatic carbocycles. The minimum absolute atomic E-state index is 0.443. The molecule has 0 amide bonds. The number of H-pyrrole nitrogens is 1. The summed E-state index contributed by atoms with van der Waals surface area (Å²) < 4.78 is 0.630. The number of rotatable bonds is 2. The number of aromatic nitrogens is 1. The summed E-state index contributed by atoms with van der Waals surface area (Å²) >= 11 is 5.32. The van der Waals surface area contributed by atoms with Crippen LogP contribution in [0.3, 0.4) is 0 Å². The monoisotopic (exact) mass is 273 g/mol. The zero-order valence-corrected chi connectivity index (χ0v) is 12.2. The zero-order valence-electron chi connectivity index (χ0n) is 11.4. The molecule has 0 bridgehead atoms. The van der Waals surface area contributed by atoms with Crippen molar-refractivity contribution in [1.82, 2.24) is 4.98 Å². The quantitative estimate of drug-likeness (QED) is 0.641. The maximum Gasteiger partial charge on any atom is 0.112 e. The van der Waals surface area contributed by atoms with Crippen molar-refractivity contribution >= 4 is 17.9 Å². The Morgan fingerprint density at radius 2 is 2.37 bits per heavy atom.